The fourth-order valence-corrected chi connectivity index (χ4v) is 5.11. The first-order valence-corrected chi connectivity index (χ1v) is 14.5. The predicted molar refractivity (Wildman–Crippen MR) is 147 cm³/mol. The van der Waals surface area contributed by atoms with E-state index in [1.807, 2.05) is 13.8 Å². The molecule has 0 fully saturated rings. The molecule has 2 aromatic rings. The molecule has 0 aliphatic rings. The first-order chi connectivity index (χ1) is 16.8. The van der Waals surface area contributed by atoms with Crippen LogP contribution in [0.25, 0.3) is 0 Å². The van der Waals surface area contributed by atoms with Crippen LogP contribution >= 0.6 is 34.8 Å². The standard InChI is InChI=1S/C25H32Cl3N3O4S/c1-17(2)15-29-25(33)18(3)30(16-19-10-11-21(27)14-23(19)28)24(32)9-6-12-31(36(4,34)35)22-8-5-7-20(26)13-22/h5,7-8,10-11,13-14,17-18H,6,9,12,15-16H2,1-4H3,(H,29,33). The Kier molecular flexibility index (Phi) is 11.3. The smallest absolute Gasteiger partial charge is 0.242 e. The molecule has 7 nitrogen and oxygen atoms in total. The van der Waals surface area contributed by atoms with Gasteiger partial charge in [-0.25, -0.2) is 8.42 Å². The molecule has 11 heteroatoms. The van der Waals surface area contributed by atoms with E-state index in [1.54, 1.807) is 49.4 Å². The second kappa shape index (κ2) is 13.5. The largest absolute Gasteiger partial charge is 0.354 e. The van der Waals surface area contributed by atoms with Crippen molar-refractivity contribution in [2.75, 3.05) is 23.7 Å². The summed E-state index contributed by atoms with van der Waals surface area (Å²) in [7, 11) is -3.60. The number of carbonyl (C=O) groups excluding carboxylic acids is 2. The Morgan fingerprint density at radius 2 is 1.67 bits per heavy atom. The predicted octanol–water partition coefficient (Wildman–Crippen LogP) is 5.38. The highest BCUT2D eigenvalue weighted by Gasteiger charge is 2.27. The molecule has 0 aromatic heterocycles. The number of hydrogen-bond donors (Lipinski definition) is 1. The molecule has 0 aliphatic carbocycles. The van der Waals surface area contributed by atoms with E-state index in [0.717, 1.165) is 6.26 Å². The SMILES string of the molecule is CC(C)CNC(=O)C(C)N(Cc1ccc(Cl)cc1Cl)C(=O)CCCN(c1cccc(Cl)c1)S(C)(=O)=O. The van der Waals surface area contributed by atoms with Crippen molar-refractivity contribution < 1.29 is 18.0 Å². The second-order valence-corrected chi connectivity index (χ2v) is 12.2. The molecule has 1 unspecified atom stereocenters. The first-order valence-electron chi connectivity index (χ1n) is 11.5. The number of nitrogens with zero attached hydrogens (tertiary/aromatic N) is 2. The molecular formula is C25H32Cl3N3O4S. The molecule has 0 saturated carbocycles. The van der Waals surface area contributed by atoms with Crippen LogP contribution in [-0.4, -0.2) is 50.5 Å². The average molecular weight is 577 g/mol. The molecule has 1 N–H and O–H groups in total. The molecule has 0 bridgehead atoms. The van der Waals surface area contributed by atoms with Gasteiger partial charge < -0.3 is 10.2 Å². The zero-order valence-corrected chi connectivity index (χ0v) is 23.9. The van der Waals surface area contributed by atoms with Crippen LogP contribution in [0.3, 0.4) is 0 Å². The highest BCUT2D eigenvalue weighted by molar-refractivity contribution is 7.92. The Bertz CT molecular complexity index is 1170. The van der Waals surface area contributed by atoms with Crippen molar-refractivity contribution in [3.63, 3.8) is 0 Å². The number of benzene rings is 2. The highest BCUT2D eigenvalue weighted by atomic mass is 35.5. The minimum atomic E-state index is -3.60. The van der Waals surface area contributed by atoms with Crippen molar-refractivity contribution >= 4 is 62.3 Å². The van der Waals surface area contributed by atoms with E-state index in [0.29, 0.717) is 32.9 Å². The van der Waals surface area contributed by atoms with Crippen LogP contribution in [0.15, 0.2) is 42.5 Å². The van der Waals surface area contributed by atoms with Gasteiger partial charge in [0.15, 0.2) is 0 Å². The second-order valence-electron chi connectivity index (χ2n) is 8.99. The van der Waals surface area contributed by atoms with Gasteiger partial charge in [-0.15, -0.1) is 0 Å². The number of anilines is 1. The number of hydrogen-bond acceptors (Lipinski definition) is 4. The lowest BCUT2D eigenvalue weighted by Gasteiger charge is -2.30. The fourth-order valence-electron chi connectivity index (χ4n) is 3.50. The number of halogens is 3. The van der Waals surface area contributed by atoms with Crippen molar-refractivity contribution in [3.8, 4) is 0 Å². The van der Waals surface area contributed by atoms with Gasteiger partial charge in [-0.05, 0) is 55.2 Å². The van der Waals surface area contributed by atoms with Crippen LogP contribution in [0, 0.1) is 5.92 Å². The summed E-state index contributed by atoms with van der Waals surface area (Å²) < 4.78 is 26.0. The van der Waals surface area contributed by atoms with Crippen molar-refractivity contribution in [1.29, 1.82) is 0 Å². The maximum absolute atomic E-state index is 13.3. The summed E-state index contributed by atoms with van der Waals surface area (Å²) in [6.07, 6.45) is 1.37. The van der Waals surface area contributed by atoms with Crippen molar-refractivity contribution in [1.82, 2.24) is 10.2 Å². The maximum atomic E-state index is 13.3. The lowest BCUT2D eigenvalue weighted by molar-refractivity contribution is -0.140. The third-order valence-electron chi connectivity index (χ3n) is 5.46. The van der Waals surface area contributed by atoms with Gasteiger partial charge in [0.25, 0.3) is 0 Å². The molecule has 1 atom stereocenters. The van der Waals surface area contributed by atoms with E-state index in [2.05, 4.69) is 5.32 Å². The molecule has 2 aromatic carbocycles. The van der Waals surface area contributed by atoms with E-state index in [9.17, 15) is 18.0 Å². The van der Waals surface area contributed by atoms with Crippen LogP contribution < -0.4 is 9.62 Å². The monoisotopic (exact) mass is 575 g/mol. The lowest BCUT2D eigenvalue weighted by atomic mass is 10.1. The molecule has 0 radical (unpaired) electrons. The quantitative estimate of drug-likeness (QED) is 0.367. The highest BCUT2D eigenvalue weighted by Crippen LogP contribution is 2.25. The Hall–Kier alpha value is -2.00. The minimum absolute atomic E-state index is 0.0274. The Morgan fingerprint density at radius 1 is 1.00 bits per heavy atom. The van der Waals surface area contributed by atoms with Gasteiger partial charge in [0.05, 0.1) is 11.9 Å². The van der Waals surface area contributed by atoms with Crippen LogP contribution in [0.4, 0.5) is 5.69 Å². The number of amides is 2. The van der Waals surface area contributed by atoms with Crippen molar-refractivity contribution in [3.05, 3.63) is 63.1 Å². The first kappa shape index (κ1) is 30.2. The van der Waals surface area contributed by atoms with Crippen LogP contribution in [0.1, 0.15) is 39.2 Å². The van der Waals surface area contributed by atoms with E-state index < -0.39 is 16.1 Å². The van der Waals surface area contributed by atoms with Crippen molar-refractivity contribution in [2.45, 2.75) is 46.2 Å². The molecule has 2 amide bonds. The normalized spacial score (nSPS) is 12.3. The summed E-state index contributed by atoms with van der Waals surface area (Å²) in [5.74, 6) is -0.323. The van der Waals surface area contributed by atoms with E-state index in [4.69, 9.17) is 34.8 Å². The Morgan fingerprint density at radius 3 is 2.25 bits per heavy atom. The molecule has 2 rings (SSSR count). The maximum Gasteiger partial charge on any atom is 0.242 e. The summed E-state index contributed by atoms with van der Waals surface area (Å²) in [5, 5.41) is 4.12. The summed E-state index contributed by atoms with van der Waals surface area (Å²) >= 11 is 18.4. The average Bonchev–Trinajstić information content (AvgIpc) is 2.78. The van der Waals surface area contributed by atoms with Gasteiger partial charge in [-0.2, -0.15) is 0 Å². The summed E-state index contributed by atoms with van der Waals surface area (Å²) in [4.78, 5) is 27.6. The Labute approximate surface area is 228 Å². The van der Waals surface area contributed by atoms with Crippen LogP contribution in [-0.2, 0) is 26.2 Å². The Balaban J connectivity index is 2.20. The molecular weight excluding hydrogens is 545 g/mol. The molecule has 0 aliphatic heterocycles. The van der Waals surface area contributed by atoms with Crippen LogP contribution in [0.2, 0.25) is 15.1 Å². The summed E-state index contributed by atoms with van der Waals surface area (Å²) in [6.45, 7) is 6.29. The molecule has 198 valence electrons. The van der Waals surface area contributed by atoms with Crippen LogP contribution in [0.5, 0.6) is 0 Å². The van der Waals surface area contributed by atoms with E-state index in [-0.39, 0.29) is 43.7 Å². The van der Waals surface area contributed by atoms with Crippen molar-refractivity contribution in [2.24, 2.45) is 5.92 Å². The van der Waals surface area contributed by atoms with Gasteiger partial charge in [-0.3, -0.25) is 13.9 Å². The van der Waals surface area contributed by atoms with Gasteiger partial charge in [-0.1, -0.05) is 60.8 Å². The third-order valence-corrected chi connectivity index (χ3v) is 7.47. The number of sulfonamides is 1. The minimum Gasteiger partial charge on any atom is -0.354 e. The topological polar surface area (TPSA) is 86.8 Å². The van der Waals surface area contributed by atoms with E-state index >= 15 is 0 Å². The third kappa shape index (κ3) is 9.14. The zero-order chi connectivity index (χ0) is 27.0. The number of nitrogens with one attached hydrogen (secondary N) is 1. The lowest BCUT2D eigenvalue weighted by Crippen LogP contribution is -2.48. The van der Waals surface area contributed by atoms with Gasteiger partial charge in [0, 0.05) is 41.1 Å². The number of rotatable bonds is 12. The zero-order valence-electron chi connectivity index (χ0n) is 20.8. The van der Waals surface area contributed by atoms with Gasteiger partial charge >= 0.3 is 0 Å². The molecule has 36 heavy (non-hydrogen) atoms. The van der Waals surface area contributed by atoms with Gasteiger partial charge in [0.1, 0.15) is 6.04 Å². The molecule has 0 heterocycles. The van der Waals surface area contributed by atoms with E-state index in [1.165, 1.54) is 9.21 Å². The molecule has 0 saturated heterocycles. The number of carbonyl (C=O) groups is 2. The van der Waals surface area contributed by atoms with Gasteiger partial charge in [0.2, 0.25) is 21.8 Å². The summed E-state index contributed by atoms with van der Waals surface area (Å²) in [5.41, 5.74) is 1.07. The summed E-state index contributed by atoms with van der Waals surface area (Å²) in [6, 6.07) is 10.7. The molecule has 0 spiro atoms. The fraction of sp³-hybridized carbons (Fsp3) is 0.440.